The Hall–Kier alpha value is -2.61. The molecule has 0 heterocycles. The summed E-state index contributed by atoms with van der Waals surface area (Å²) < 4.78 is 0. The van der Waals surface area contributed by atoms with Crippen LogP contribution in [0.25, 0.3) is 10.8 Å². The van der Waals surface area contributed by atoms with Gasteiger partial charge in [-0.2, -0.15) is 0 Å². The Morgan fingerprint density at radius 3 is 2.52 bits per heavy atom. The van der Waals surface area contributed by atoms with Gasteiger partial charge in [0.25, 0.3) is 0 Å². The summed E-state index contributed by atoms with van der Waals surface area (Å²) in [7, 11) is 0. The maximum Gasteiger partial charge on any atom is 0.311 e. The second-order valence-corrected chi connectivity index (χ2v) is 6.09. The van der Waals surface area contributed by atoms with Crippen molar-refractivity contribution >= 4 is 16.7 Å². The summed E-state index contributed by atoms with van der Waals surface area (Å²) in [5.41, 5.74) is 4.29. The lowest BCUT2D eigenvalue weighted by atomic mass is 9.87. The maximum atomic E-state index is 11.9. The van der Waals surface area contributed by atoms with Gasteiger partial charge in [-0.3, -0.25) is 4.79 Å². The van der Waals surface area contributed by atoms with Gasteiger partial charge in [-0.15, -0.1) is 0 Å². The van der Waals surface area contributed by atoms with Crippen molar-refractivity contribution in [1.82, 2.24) is 0 Å². The highest BCUT2D eigenvalue weighted by molar-refractivity contribution is 5.90. The monoisotopic (exact) mass is 304 g/mol. The van der Waals surface area contributed by atoms with Crippen LogP contribution in [-0.4, -0.2) is 11.1 Å². The Balaban J connectivity index is 2.08. The lowest BCUT2D eigenvalue weighted by Crippen LogP contribution is -2.15. The molecule has 3 aromatic carbocycles. The van der Waals surface area contributed by atoms with Gasteiger partial charge in [-0.25, -0.2) is 0 Å². The van der Waals surface area contributed by atoms with Crippen LogP contribution >= 0.6 is 0 Å². The van der Waals surface area contributed by atoms with Gasteiger partial charge in [-0.1, -0.05) is 66.2 Å². The molecule has 1 unspecified atom stereocenters. The van der Waals surface area contributed by atoms with E-state index in [1.807, 2.05) is 56.3 Å². The predicted octanol–water partition coefficient (Wildman–Crippen LogP) is 4.87. The van der Waals surface area contributed by atoms with Crippen molar-refractivity contribution in [2.75, 3.05) is 0 Å². The van der Waals surface area contributed by atoms with Crippen LogP contribution in [0.5, 0.6) is 0 Å². The summed E-state index contributed by atoms with van der Waals surface area (Å²) >= 11 is 0. The zero-order valence-electron chi connectivity index (χ0n) is 13.4. The smallest absolute Gasteiger partial charge is 0.311 e. The van der Waals surface area contributed by atoms with E-state index in [-0.39, 0.29) is 0 Å². The number of aliphatic carboxylic acids is 1. The molecular formula is C21H20O2. The maximum absolute atomic E-state index is 11.9. The van der Waals surface area contributed by atoms with Gasteiger partial charge in [0.1, 0.15) is 0 Å². The van der Waals surface area contributed by atoms with Crippen LogP contribution in [-0.2, 0) is 11.2 Å². The molecular weight excluding hydrogens is 284 g/mol. The van der Waals surface area contributed by atoms with Gasteiger partial charge in [0.2, 0.25) is 0 Å². The molecule has 0 aliphatic rings. The van der Waals surface area contributed by atoms with Crippen molar-refractivity contribution in [2.24, 2.45) is 0 Å². The first kappa shape index (κ1) is 15.3. The molecule has 2 nitrogen and oxygen atoms in total. The topological polar surface area (TPSA) is 37.3 Å². The molecule has 0 aliphatic carbocycles. The van der Waals surface area contributed by atoms with E-state index in [1.54, 1.807) is 0 Å². The minimum absolute atomic E-state index is 0.511. The van der Waals surface area contributed by atoms with Crippen molar-refractivity contribution in [3.8, 4) is 0 Å². The number of benzene rings is 3. The molecule has 2 heteroatoms. The number of hydrogen-bond acceptors (Lipinski definition) is 1. The molecule has 0 amide bonds. The van der Waals surface area contributed by atoms with E-state index in [4.69, 9.17) is 0 Å². The number of carboxylic acids is 1. The van der Waals surface area contributed by atoms with Crippen molar-refractivity contribution < 1.29 is 9.90 Å². The van der Waals surface area contributed by atoms with Crippen LogP contribution in [0.4, 0.5) is 0 Å². The van der Waals surface area contributed by atoms with E-state index in [9.17, 15) is 9.90 Å². The van der Waals surface area contributed by atoms with E-state index in [2.05, 4.69) is 18.2 Å². The van der Waals surface area contributed by atoms with Crippen LogP contribution < -0.4 is 0 Å². The average Bonchev–Trinajstić information content (AvgIpc) is 2.55. The first-order valence-electron chi connectivity index (χ1n) is 7.83. The van der Waals surface area contributed by atoms with Crippen LogP contribution in [0.3, 0.4) is 0 Å². The number of rotatable bonds is 4. The molecule has 0 saturated carbocycles. The van der Waals surface area contributed by atoms with E-state index in [0.717, 1.165) is 33.0 Å². The fraction of sp³-hybridized carbons (Fsp3) is 0.190. The Morgan fingerprint density at radius 2 is 1.74 bits per heavy atom. The number of hydrogen-bond donors (Lipinski definition) is 1. The highest BCUT2D eigenvalue weighted by Gasteiger charge is 2.23. The summed E-state index contributed by atoms with van der Waals surface area (Å²) in [6.07, 6.45) is 0.511. The van der Waals surface area contributed by atoms with E-state index in [0.29, 0.717) is 6.42 Å². The molecule has 3 rings (SSSR count). The molecule has 0 bridgehead atoms. The lowest BCUT2D eigenvalue weighted by Gasteiger charge is -2.17. The molecule has 3 aromatic rings. The largest absolute Gasteiger partial charge is 0.481 e. The summed E-state index contributed by atoms with van der Waals surface area (Å²) in [6, 6.07) is 20.1. The van der Waals surface area contributed by atoms with Crippen molar-refractivity contribution in [3.63, 3.8) is 0 Å². The van der Waals surface area contributed by atoms with Gasteiger partial charge in [-0.05, 0) is 47.7 Å². The molecule has 116 valence electrons. The fourth-order valence-electron chi connectivity index (χ4n) is 3.12. The van der Waals surface area contributed by atoms with Gasteiger partial charge in [0, 0.05) is 0 Å². The first-order chi connectivity index (χ1) is 11.1. The molecule has 0 saturated heterocycles. The summed E-state index contributed by atoms with van der Waals surface area (Å²) in [4.78, 5) is 11.9. The SMILES string of the molecule is Cc1ccc(C)c(CC(C(=O)O)c2cccc3ccccc23)c1. The van der Waals surface area contributed by atoms with E-state index < -0.39 is 11.9 Å². The molecule has 0 fully saturated rings. The minimum Gasteiger partial charge on any atom is -0.481 e. The molecule has 1 atom stereocenters. The van der Waals surface area contributed by atoms with Crippen molar-refractivity contribution in [3.05, 3.63) is 82.9 Å². The predicted molar refractivity (Wildman–Crippen MR) is 93.9 cm³/mol. The highest BCUT2D eigenvalue weighted by Crippen LogP contribution is 2.29. The van der Waals surface area contributed by atoms with Crippen LogP contribution in [0, 0.1) is 13.8 Å². The van der Waals surface area contributed by atoms with Gasteiger partial charge < -0.3 is 5.11 Å². The Bertz CT molecular complexity index is 859. The number of carbonyl (C=O) groups is 1. The molecule has 0 spiro atoms. The number of carboxylic acid groups (broad SMARTS) is 1. The van der Waals surface area contributed by atoms with Crippen LogP contribution in [0.1, 0.15) is 28.2 Å². The van der Waals surface area contributed by atoms with Crippen LogP contribution in [0.2, 0.25) is 0 Å². The Morgan fingerprint density at radius 1 is 1.00 bits per heavy atom. The third-order valence-corrected chi connectivity index (χ3v) is 4.43. The quantitative estimate of drug-likeness (QED) is 0.747. The third kappa shape index (κ3) is 3.11. The summed E-state index contributed by atoms with van der Waals surface area (Å²) in [5.74, 6) is -1.32. The average molecular weight is 304 g/mol. The van der Waals surface area contributed by atoms with Crippen LogP contribution in [0.15, 0.2) is 60.7 Å². The summed E-state index contributed by atoms with van der Waals surface area (Å²) in [6.45, 7) is 4.08. The zero-order valence-corrected chi connectivity index (χ0v) is 13.4. The minimum atomic E-state index is -0.776. The lowest BCUT2D eigenvalue weighted by molar-refractivity contribution is -0.138. The molecule has 1 N–H and O–H groups in total. The normalized spacial score (nSPS) is 12.3. The van der Waals surface area contributed by atoms with Gasteiger partial charge in [0.05, 0.1) is 5.92 Å². The van der Waals surface area contributed by atoms with Gasteiger partial charge in [0.15, 0.2) is 0 Å². The number of fused-ring (bicyclic) bond motifs is 1. The van der Waals surface area contributed by atoms with E-state index >= 15 is 0 Å². The van der Waals surface area contributed by atoms with Gasteiger partial charge >= 0.3 is 5.97 Å². The van der Waals surface area contributed by atoms with Crippen molar-refractivity contribution in [2.45, 2.75) is 26.2 Å². The third-order valence-electron chi connectivity index (χ3n) is 4.43. The standard InChI is InChI=1S/C21H20O2/c1-14-10-11-15(2)17(12-14)13-20(21(22)23)19-9-5-7-16-6-3-4-8-18(16)19/h3-12,20H,13H2,1-2H3,(H,22,23). The molecule has 0 aromatic heterocycles. The van der Waals surface area contributed by atoms with E-state index in [1.165, 1.54) is 0 Å². The van der Waals surface area contributed by atoms with Crippen molar-refractivity contribution in [1.29, 1.82) is 0 Å². The summed E-state index contributed by atoms with van der Waals surface area (Å²) in [5, 5.41) is 11.9. The zero-order chi connectivity index (χ0) is 16.4. The Labute approximate surface area is 136 Å². The Kier molecular flexibility index (Phi) is 4.16. The molecule has 0 aliphatic heterocycles. The fourth-order valence-corrected chi connectivity index (χ4v) is 3.12. The first-order valence-corrected chi connectivity index (χ1v) is 7.83. The second-order valence-electron chi connectivity index (χ2n) is 6.09. The second kappa shape index (κ2) is 6.25. The molecule has 23 heavy (non-hydrogen) atoms. The highest BCUT2D eigenvalue weighted by atomic mass is 16.4. The molecule has 0 radical (unpaired) electrons. The number of aryl methyl sites for hydroxylation is 2.